The lowest BCUT2D eigenvalue weighted by atomic mass is 9.99. The molecule has 0 spiro atoms. The van der Waals surface area contributed by atoms with Crippen molar-refractivity contribution in [2.24, 2.45) is 5.92 Å². The smallest absolute Gasteiger partial charge is 0.358 e. The van der Waals surface area contributed by atoms with Gasteiger partial charge in [0.15, 0.2) is 12.0 Å². The van der Waals surface area contributed by atoms with Crippen molar-refractivity contribution >= 4 is 17.5 Å². The van der Waals surface area contributed by atoms with Gasteiger partial charge >= 0.3 is 5.82 Å². The molecule has 2 saturated heterocycles. The van der Waals surface area contributed by atoms with Crippen molar-refractivity contribution in [3.63, 3.8) is 0 Å². The second kappa shape index (κ2) is 6.66. The molecule has 0 atom stereocenters. The zero-order chi connectivity index (χ0) is 16.4. The maximum absolute atomic E-state index is 11.3. The van der Waals surface area contributed by atoms with Gasteiger partial charge in [-0.2, -0.15) is 0 Å². The number of piperazine rings is 1. The molecule has 0 aliphatic carbocycles. The third-order valence-corrected chi connectivity index (χ3v) is 4.81. The summed E-state index contributed by atoms with van der Waals surface area (Å²) in [5.41, 5.74) is 0. The summed E-state index contributed by atoms with van der Waals surface area (Å²) in [6, 6.07) is 0. The maximum Gasteiger partial charge on any atom is 0.406 e. The molecule has 1 aromatic rings. The SMILES string of the molecule is CC1CCN(c2nc(N3CCN(C)CC3)cnc2[N+](=O)[O-])CC1. The first-order valence-corrected chi connectivity index (χ1v) is 8.24. The minimum atomic E-state index is -0.422. The third kappa shape index (κ3) is 3.52. The first-order valence-electron chi connectivity index (χ1n) is 8.24. The Balaban J connectivity index is 1.86. The van der Waals surface area contributed by atoms with Crippen LogP contribution in [0, 0.1) is 16.0 Å². The summed E-state index contributed by atoms with van der Waals surface area (Å²) in [6.45, 7) is 7.52. The molecule has 8 nitrogen and oxygen atoms in total. The average molecular weight is 320 g/mol. The van der Waals surface area contributed by atoms with Crippen LogP contribution in [-0.2, 0) is 0 Å². The molecule has 2 fully saturated rings. The Morgan fingerprint density at radius 1 is 1.13 bits per heavy atom. The highest BCUT2D eigenvalue weighted by atomic mass is 16.6. The minimum Gasteiger partial charge on any atom is -0.358 e. The van der Waals surface area contributed by atoms with Gasteiger partial charge < -0.3 is 24.8 Å². The molecule has 3 rings (SSSR count). The first kappa shape index (κ1) is 15.9. The van der Waals surface area contributed by atoms with Crippen LogP contribution < -0.4 is 9.80 Å². The van der Waals surface area contributed by atoms with Crippen molar-refractivity contribution in [1.82, 2.24) is 14.9 Å². The van der Waals surface area contributed by atoms with Crippen LogP contribution in [0.1, 0.15) is 19.8 Å². The summed E-state index contributed by atoms with van der Waals surface area (Å²) < 4.78 is 0. The fourth-order valence-electron chi connectivity index (χ4n) is 3.11. The topological polar surface area (TPSA) is 78.6 Å². The van der Waals surface area contributed by atoms with Crippen LogP contribution in [0.15, 0.2) is 6.20 Å². The molecule has 8 heteroatoms. The molecule has 0 bridgehead atoms. The summed E-state index contributed by atoms with van der Waals surface area (Å²) in [7, 11) is 2.10. The van der Waals surface area contributed by atoms with E-state index in [1.807, 2.05) is 4.90 Å². The quantitative estimate of drug-likeness (QED) is 0.615. The Morgan fingerprint density at radius 2 is 1.78 bits per heavy atom. The molecule has 0 saturated carbocycles. The van der Waals surface area contributed by atoms with Gasteiger partial charge in [0.25, 0.3) is 0 Å². The lowest BCUT2D eigenvalue weighted by Gasteiger charge is -2.34. The minimum absolute atomic E-state index is 0.127. The Kier molecular flexibility index (Phi) is 4.61. The van der Waals surface area contributed by atoms with Gasteiger partial charge in [0.05, 0.1) is 0 Å². The average Bonchev–Trinajstić information content (AvgIpc) is 2.55. The third-order valence-electron chi connectivity index (χ3n) is 4.81. The van der Waals surface area contributed by atoms with E-state index in [2.05, 4.69) is 33.7 Å². The molecule has 0 N–H and O–H groups in total. The van der Waals surface area contributed by atoms with Gasteiger partial charge in [0.2, 0.25) is 5.82 Å². The number of aromatic nitrogens is 2. The van der Waals surface area contributed by atoms with Crippen molar-refractivity contribution in [1.29, 1.82) is 0 Å². The Morgan fingerprint density at radius 3 is 2.39 bits per heavy atom. The van der Waals surface area contributed by atoms with Crippen molar-refractivity contribution in [3.8, 4) is 0 Å². The van der Waals surface area contributed by atoms with Gasteiger partial charge in [-0.15, -0.1) is 0 Å². The fourth-order valence-corrected chi connectivity index (χ4v) is 3.11. The zero-order valence-corrected chi connectivity index (χ0v) is 13.8. The Labute approximate surface area is 136 Å². The van der Waals surface area contributed by atoms with E-state index in [1.54, 1.807) is 6.20 Å². The standard InChI is InChI=1S/C15H24N6O2/c1-12-3-5-20(6-4-12)15-14(21(22)23)16-11-13(17-15)19-9-7-18(2)8-10-19/h11-12H,3-10H2,1-2H3. The van der Waals surface area contributed by atoms with Crippen LogP contribution in [0.25, 0.3) is 0 Å². The van der Waals surface area contributed by atoms with Crippen LogP contribution in [0.2, 0.25) is 0 Å². The zero-order valence-electron chi connectivity index (χ0n) is 13.8. The van der Waals surface area contributed by atoms with Gasteiger partial charge in [0.1, 0.15) is 0 Å². The number of hydrogen-bond donors (Lipinski definition) is 0. The van der Waals surface area contributed by atoms with Crippen LogP contribution in [0.5, 0.6) is 0 Å². The number of piperidine rings is 1. The Hall–Kier alpha value is -1.96. The number of hydrogen-bond acceptors (Lipinski definition) is 7. The van der Waals surface area contributed by atoms with Crippen molar-refractivity contribution in [2.75, 3.05) is 56.1 Å². The van der Waals surface area contributed by atoms with E-state index in [4.69, 9.17) is 0 Å². The summed E-state index contributed by atoms with van der Waals surface area (Å²) in [5.74, 6) is 1.71. The molecular weight excluding hydrogens is 296 g/mol. The van der Waals surface area contributed by atoms with Crippen LogP contribution >= 0.6 is 0 Å². The van der Waals surface area contributed by atoms with E-state index >= 15 is 0 Å². The number of nitro groups is 1. The highest BCUT2D eigenvalue weighted by Crippen LogP contribution is 2.30. The second-order valence-corrected chi connectivity index (χ2v) is 6.59. The van der Waals surface area contributed by atoms with E-state index in [1.165, 1.54) is 0 Å². The number of nitrogens with zero attached hydrogens (tertiary/aromatic N) is 6. The van der Waals surface area contributed by atoms with Gasteiger partial charge in [-0.1, -0.05) is 6.92 Å². The van der Waals surface area contributed by atoms with Crippen LogP contribution in [0.3, 0.4) is 0 Å². The number of likely N-dealkylation sites (N-methyl/N-ethyl adjacent to an activating group) is 1. The molecule has 3 heterocycles. The molecule has 126 valence electrons. The number of rotatable bonds is 3. The predicted octanol–water partition coefficient (Wildman–Crippen LogP) is 1.37. The number of anilines is 2. The van der Waals surface area contributed by atoms with E-state index in [9.17, 15) is 10.1 Å². The van der Waals surface area contributed by atoms with Gasteiger partial charge in [-0.25, -0.2) is 4.98 Å². The molecule has 0 unspecified atom stereocenters. The van der Waals surface area contributed by atoms with Gasteiger partial charge in [-0.3, -0.25) is 0 Å². The molecule has 0 aromatic carbocycles. The lowest BCUT2D eigenvalue weighted by Crippen LogP contribution is -2.45. The van der Waals surface area contributed by atoms with Gasteiger partial charge in [-0.05, 0) is 35.7 Å². The molecule has 1 aromatic heterocycles. The Bertz CT molecular complexity index is 565. The molecular formula is C15H24N6O2. The summed E-state index contributed by atoms with van der Waals surface area (Å²) in [5, 5.41) is 11.3. The molecule has 23 heavy (non-hydrogen) atoms. The first-order chi connectivity index (χ1) is 11.0. The van der Waals surface area contributed by atoms with Crippen molar-refractivity contribution in [3.05, 3.63) is 16.3 Å². The fraction of sp³-hybridized carbons (Fsp3) is 0.733. The highest BCUT2D eigenvalue weighted by Gasteiger charge is 2.28. The van der Waals surface area contributed by atoms with Crippen LogP contribution in [0.4, 0.5) is 17.5 Å². The maximum atomic E-state index is 11.3. The van der Waals surface area contributed by atoms with E-state index in [-0.39, 0.29) is 5.82 Å². The summed E-state index contributed by atoms with van der Waals surface area (Å²) >= 11 is 0. The van der Waals surface area contributed by atoms with E-state index < -0.39 is 4.92 Å². The second-order valence-electron chi connectivity index (χ2n) is 6.59. The molecule has 0 radical (unpaired) electrons. The van der Waals surface area contributed by atoms with E-state index in [0.717, 1.165) is 57.9 Å². The lowest BCUT2D eigenvalue weighted by molar-refractivity contribution is -0.389. The molecule has 0 amide bonds. The largest absolute Gasteiger partial charge is 0.406 e. The van der Waals surface area contributed by atoms with E-state index in [0.29, 0.717) is 11.7 Å². The van der Waals surface area contributed by atoms with Crippen molar-refractivity contribution in [2.45, 2.75) is 19.8 Å². The van der Waals surface area contributed by atoms with Crippen molar-refractivity contribution < 1.29 is 4.92 Å². The monoisotopic (exact) mass is 320 g/mol. The van der Waals surface area contributed by atoms with Gasteiger partial charge in [0, 0.05) is 39.3 Å². The molecule has 2 aliphatic rings. The predicted molar refractivity (Wildman–Crippen MR) is 89.0 cm³/mol. The van der Waals surface area contributed by atoms with Crippen LogP contribution in [-0.4, -0.2) is 66.1 Å². The molecule has 2 aliphatic heterocycles. The summed E-state index contributed by atoms with van der Waals surface area (Å²) in [4.78, 5) is 26.1. The highest BCUT2D eigenvalue weighted by molar-refractivity contribution is 5.57. The summed E-state index contributed by atoms with van der Waals surface area (Å²) in [6.07, 6.45) is 3.62. The normalized spacial score (nSPS) is 20.8.